The number of nitrogens with one attached hydrogen (secondary N) is 1. The zero-order valence-electron chi connectivity index (χ0n) is 8.67. The molecule has 1 fully saturated rings. The van der Waals surface area contributed by atoms with E-state index < -0.39 is 0 Å². The summed E-state index contributed by atoms with van der Waals surface area (Å²) in [7, 11) is 0. The molecule has 1 aliphatic carbocycles. The van der Waals surface area contributed by atoms with E-state index in [1.54, 1.807) is 0 Å². The van der Waals surface area contributed by atoms with Crippen molar-refractivity contribution >= 4 is 17.3 Å². The van der Waals surface area contributed by atoms with Gasteiger partial charge in [-0.15, -0.1) is 0 Å². The Morgan fingerprint density at radius 1 is 1.40 bits per heavy atom. The number of aliphatic hydroxyl groups is 1. The van der Waals surface area contributed by atoms with Gasteiger partial charge in [-0.05, 0) is 31.0 Å². The lowest BCUT2D eigenvalue weighted by atomic mass is 9.69. The van der Waals surface area contributed by atoms with Crippen LogP contribution in [-0.4, -0.2) is 18.3 Å². The Bertz CT molecular complexity index is 331. The van der Waals surface area contributed by atoms with Crippen LogP contribution in [0.1, 0.15) is 19.3 Å². The zero-order valence-corrected chi connectivity index (χ0v) is 9.43. The van der Waals surface area contributed by atoms with Crippen molar-refractivity contribution in [2.24, 2.45) is 5.41 Å². The molecule has 0 heterocycles. The second-order valence-electron chi connectivity index (χ2n) is 4.38. The van der Waals surface area contributed by atoms with Crippen LogP contribution in [-0.2, 0) is 0 Å². The first kappa shape index (κ1) is 10.8. The van der Waals surface area contributed by atoms with Crippen LogP contribution in [0.15, 0.2) is 24.3 Å². The Balaban J connectivity index is 1.92. The number of aliphatic hydroxyl groups excluding tert-OH is 1. The number of benzene rings is 1. The van der Waals surface area contributed by atoms with Crippen molar-refractivity contribution in [2.45, 2.75) is 19.3 Å². The first-order chi connectivity index (χ1) is 7.24. The standard InChI is InChI=1S/C12H16ClNO/c13-10-3-1-4-11(7-10)14-8-12(9-15)5-2-6-12/h1,3-4,7,14-15H,2,5-6,8-9H2. The van der Waals surface area contributed by atoms with Gasteiger partial charge in [-0.25, -0.2) is 0 Å². The molecule has 3 heteroatoms. The highest BCUT2D eigenvalue weighted by atomic mass is 35.5. The number of hydrogen-bond acceptors (Lipinski definition) is 2. The van der Waals surface area contributed by atoms with Gasteiger partial charge in [-0.2, -0.15) is 0 Å². The van der Waals surface area contributed by atoms with Gasteiger partial charge >= 0.3 is 0 Å². The maximum Gasteiger partial charge on any atom is 0.0504 e. The third-order valence-corrected chi connectivity index (χ3v) is 3.48. The average molecular weight is 226 g/mol. The molecule has 0 aliphatic heterocycles. The fraction of sp³-hybridized carbons (Fsp3) is 0.500. The SMILES string of the molecule is OCC1(CNc2cccc(Cl)c2)CCC1. The molecule has 1 aliphatic rings. The highest BCUT2D eigenvalue weighted by Gasteiger charge is 2.35. The molecule has 15 heavy (non-hydrogen) atoms. The highest BCUT2D eigenvalue weighted by molar-refractivity contribution is 6.30. The maximum absolute atomic E-state index is 9.30. The fourth-order valence-corrected chi connectivity index (χ4v) is 2.15. The predicted molar refractivity (Wildman–Crippen MR) is 63.3 cm³/mol. The topological polar surface area (TPSA) is 32.3 Å². The summed E-state index contributed by atoms with van der Waals surface area (Å²) in [5, 5.41) is 13.4. The molecule has 0 radical (unpaired) electrons. The van der Waals surface area contributed by atoms with E-state index in [0.29, 0.717) is 0 Å². The van der Waals surface area contributed by atoms with Gasteiger partial charge in [0.05, 0.1) is 6.61 Å². The van der Waals surface area contributed by atoms with Gasteiger partial charge in [0, 0.05) is 22.7 Å². The first-order valence-corrected chi connectivity index (χ1v) is 5.72. The highest BCUT2D eigenvalue weighted by Crippen LogP contribution is 2.40. The van der Waals surface area contributed by atoms with Crippen LogP contribution in [0.5, 0.6) is 0 Å². The minimum Gasteiger partial charge on any atom is -0.396 e. The van der Waals surface area contributed by atoms with Gasteiger partial charge in [-0.3, -0.25) is 0 Å². The quantitative estimate of drug-likeness (QED) is 0.826. The Morgan fingerprint density at radius 3 is 2.73 bits per heavy atom. The Labute approximate surface area is 95.3 Å². The van der Waals surface area contributed by atoms with Crippen LogP contribution in [0.3, 0.4) is 0 Å². The van der Waals surface area contributed by atoms with Gasteiger partial charge in [0.15, 0.2) is 0 Å². The Hall–Kier alpha value is -0.730. The molecule has 1 saturated carbocycles. The van der Waals surface area contributed by atoms with Gasteiger partial charge in [-0.1, -0.05) is 24.1 Å². The van der Waals surface area contributed by atoms with Gasteiger partial charge in [0.2, 0.25) is 0 Å². The average Bonchev–Trinajstić information content (AvgIpc) is 2.17. The lowest BCUT2D eigenvalue weighted by Crippen LogP contribution is -2.39. The molecule has 1 aromatic carbocycles. The molecule has 82 valence electrons. The number of hydrogen-bond donors (Lipinski definition) is 2. The minimum atomic E-state index is 0.113. The van der Waals surface area contributed by atoms with Crippen LogP contribution in [0.4, 0.5) is 5.69 Å². The molecule has 0 aromatic heterocycles. The van der Waals surface area contributed by atoms with E-state index >= 15 is 0 Å². The van der Waals surface area contributed by atoms with Crippen molar-refractivity contribution in [1.82, 2.24) is 0 Å². The molecule has 2 N–H and O–H groups in total. The maximum atomic E-state index is 9.30. The lowest BCUT2D eigenvalue weighted by Gasteiger charge is -2.40. The van der Waals surface area contributed by atoms with Crippen molar-refractivity contribution < 1.29 is 5.11 Å². The summed E-state index contributed by atoms with van der Waals surface area (Å²) < 4.78 is 0. The molecular weight excluding hydrogens is 210 g/mol. The fourth-order valence-electron chi connectivity index (χ4n) is 1.96. The van der Waals surface area contributed by atoms with E-state index in [1.807, 2.05) is 24.3 Å². The number of rotatable bonds is 4. The summed E-state index contributed by atoms with van der Waals surface area (Å²) in [4.78, 5) is 0. The molecular formula is C12H16ClNO. The molecule has 0 amide bonds. The molecule has 0 saturated heterocycles. The first-order valence-electron chi connectivity index (χ1n) is 5.34. The largest absolute Gasteiger partial charge is 0.396 e. The smallest absolute Gasteiger partial charge is 0.0504 e. The summed E-state index contributed by atoms with van der Waals surface area (Å²) in [5.41, 5.74) is 1.14. The monoisotopic (exact) mass is 225 g/mol. The minimum absolute atomic E-state index is 0.113. The van der Waals surface area contributed by atoms with E-state index in [-0.39, 0.29) is 12.0 Å². The van der Waals surface area contributed by atoms with Crippen LogP contribution < -0.4 is 5.32 Å². The van der Waals surface area contributed by atoms with Crippen LogP contribution in [0.2, 0.25) is 5.02 Å². The van der Waals surface area contributed by atoms with Gasteiger partial charge in [0.25, 0.3) is 0 Å². The summed E-state index contributed by atoms with van der Waals surface area (Å²) >= 11 is 5.89. The van der Waals surface area contributed by atoms with Crippen LogP contribution in [0, 0.1) is 5.41 Å². The number of anilines is 1. The molecule has 0 atom stereocenters. The van der Waals surface area contributed by atoms with Crippen molar-refractivity contribution in [3.05, 3.63) is 29.3 Å². The molecule has 2 rings (SSSR count). The number of halogens is 1. The molecule has 0 bridgehead atoms. The molecule has 0 unspecified atom stereocenters. The normalized spacial score (nSPS) is 18.3. The molecule has 1 aromatic rings. The van der Waals surface area contributed by atoms with E-state index in [1.165, 1.54) is 6.42 Å². The van der Waals surface area contributed by atoms with Gasteiger partial charge in [0.1, 0.15) is 0 Å². The second-order valence-corrected chi connectivity index (χ2v) is 4.81. The van der Waals surface area contributed by atoms with Crippen LogP contribution >= 0.6 is 11.6 Å². The Morgan fingerprint density at radius 2 is 2.20 bits per heavy atom. The van der Waals surface area contributed by atoms with Crippen LogP contribution in [0.25, 0.3) is 0 Å². The van der Waals surface area contributed by atoms with Crippen molar-refractivity contribution in [2.75, 3.05) is 18.5 Å². The van der Waals surface area contributed by atoms with E-state index in [2.05, 4.69) is 5.32 Å². The molecule has 0 spiro atoms. The Kier molecular flexibility index (Phi) is 3.17. The third kappa shape index (κ3) is 2.44. The molecule has 2 nitrogen and oxygen atoms in total. The zero-order chi connectivity index (χ0) is 10.7. The van der Waals surface area contributed by atoms with Crippen molar-refractivity contribution in [3.63, 3.8) is 0 Å². The van der Waals surface area contributed by atoms with E-state index in [9.17, 15) is 5.11 Å². The van der Waals surface area contributed by atoms with Gasteiger partial charge < -0.3 is 10.4 Å². The van der Waals surface area contributed by atoms with E-state index in [0.717, 1.165) is 30.1 Å². The third-order valence-electron chi connectivity index (χ3n) is 3.24. The predicted octanol–water partition coefficient (Wildman–Crippen LogP) is 2.91. The van der Waals surface area contributed by atoms with Crippen molar-refractivity contribution in [3.8, 4) is 0 Å². The summed E-state index contributed by atoms with van der Waals surface area (Å²) in [6, 6.07) is 7.69. The lowest BCUT2D eigenvalue weighted by molar-refractivity contribution is 0.0576. The second kappa shape index (κ2) is 4.42. The summed E-state index contributed by atoms with van der Waals surface area (Å²) in [6.07, 6.45) is 3.48. The van der Waals surface area contributed by atoms with E-state index in [4.69, 9.17) is 11.6 Å². The summed E-state index contributed by atoms with van der Waals surface area (Å²) in [5.74, 6) is 0. The van der Waals surface area contributed by atoms with Crippen molar-refractivity contribution in [1.29, 1.82) is 0 Å². The summed E-state index contributed by atoms with van der Waals surface area (Å²) in [6.45, 7) is 1.12.